The average Bonchev–Trinajstić information content (AvgIpc) is 2.90. The van der Waals surface area contributed by atoms with Gasteiger partial charge in [-0.25, -0.2) is 0 Å². The second kappa shape index (κ2) is 13.6. The highest BCUT2D eigenvalue weighted by atomic mass is 35.5. The van der Waals surface area contributed by atoms with Crippen molar-refractivity contribution >= 4 is 35.9 Å². The molecular weight excluding hydrogens is 526 g/mol. The van der Waals surface area contributed by atoms with Gasteiger partial charge in [0, 0.05) is 18.0 Å². The number of nitrogens with zero attached hydrogens (tertiary/aromatic N) is 1. The van der Waals surface area contributed by atoms with Gasteiger partial charge in [0.25, 0.3) is 0 Å². The number of thioether (sulfide) groups is 2. The molecule has 2 aliphatic rings. The Labute approximate surface area is 237 Å². The molecule has 8 heteroatoms. The molecule has 1 heterocycles. The summed E-state index contributed by atoms with van der Waals surface area (Å²) >= 11 is 4.19. The normalized spacial score (nSPS) is 17.9. The Morgan fingerprint density at radius 3 is 1.97 bits per heavy atom. The molecule has 0 unspecified atom stereocenters. The highest BCUT2D eigenvalue weighted by molar-refractivity contribution is 8.18. The molecule has 2 aromatic rings. The molecule has 0 bridgehead atoms. The topological polar surface area (TPSA) is 40.2 Å². The highest BCUT2D eigenvalue weighted by Gasteiger charge is 2.40. The summed E-state index contributed by atoms with van der Waals surface area (Å²) in [7, 11) is 9.16. The molecule has 2 aromatic carbocycles. The van der Waals surface area contributed by atoms with Crippen molar-refractivity contribution in [3.8, 4) is 23.0 Å². The zero-order valence-electron chi connectivity index (χ0n) is 22.8. The van der Waals surface area contributed by atoms with E-state index in [1.807, 2.05) is 6.07 Å². The van der Waals surface area contributed by atoms with Crippen LogP contribution in [0.15, 0.2) is 36.4 Å². The quantitative estimate of drug-likeness (QED) is 0.273. The highest BCUT2D eigenvalue weighted by Crippen LogP contribution is 2.54. The van der Waals surface area contributed by atoms with E-state index in [1.54, 1.807) is 28.4 Å². The van der Waals surface area contributed by atoms with E-state index in [0.717, 1.165) is 48.9 Å². The SMILES string of the molecule is COc1cc(OC)cc(C2(CCCN(C)CC3(c4ccc(OC)c(OC)c4)CCC3)SCCCS2)c1.Cl. The molecule has 0 atom stereocenters. The summed E-state index contributed by atoms with van der Waals surface area (Å²) in [5, 5.41) is 0. The molecule has 0 aromatic heterocycles. The van der Waals surface area contributed by atoms with Gasteiger partial charge in [-0.2, -0.15) is 0 Å². The summed E-state index contributed by atoms with van der Waals surface area (Å²) in [6.45, 7) is 2.15. The van der Waals surface area contributed by atoms with Gasteiger partial charge in [-0.05, 0) is 92.6 Å². The van der Waals surface area contributed by atoms with E-state index in [0.29, 0.717) is 0 Å². The summed E-state index contributed by atoms with van der Waals surface area (Å²) in [4.78, 5) is 2.54. The maximum Gasteiger partial charge on any atom is 0.161 e. The third-order valence-corrected chi connectivity index (χ3v) is 11.2. The third-order valence-electron chi connectivity index (χ3n) is 7.68. The van der Waals surface area contributed by atoms with Crippen LogP contribution in [-0.2, 0) is 9.49 Å². The zero-order valence-corrected chi connectivity index (χ0v) is 25.3. The van der Waals surface area contributed by atoms with Crippen molar-refractivity contribution in [2.24, 2.45) is 0 Å². The summed E-state index contributed by atoms with van der Waals surface area (Å²) in [6, 6.07) is 12.9. The smallest absolute Gasteiger partial charge is 0.161 e. The van der Waals surface area contributed by atoms with Gasteiger partial charge in [0.2, 0.25) is 0 Å². The number of likely N-dealkylation sites (N-methyl/N-ethyl adjacent to an activating group) is 1. The van der Waals surface area contributed by atoms with Crippen LogP contribution in [0.5, 0.6) is 23.0 Å². The van der Waals surface area contributed by atoms with Crippen LogP contribution in [0, 0.1) is 0 Å². The lowest BCUT2D eigenvalue weighted by atomic mass is 9.64. The maximum atomic E-state index is 5.60. The number of rotatable bonds is 12. The molecule has 2 fully saturated rings. The van der Waals surface area contributed by atoms with Crippen molar-refractivity contribution < 1.29 is 18.9 Å². The van der Waals surface area contributed by atoms with Crippen LogP contribution in [0.4, 0.5) is 0 Å². The zero-order chi connectivity index (χ0) is 25.6. The van der Waals surface area contributed by atoms with Crippen LogP contribution in [0.2, 0.25) is 0 Å². The van der Waals surface area contributed by atoms with E-state index in [1.165, 1.54) is 48.3 Å². The van der Waals surface area contributed by atoms with E-state index in [2.05, 4.69) is 65.8 Å². The van der Waals surface area contributed by atoms with Gasteiger partial charge in [-0.15, -0.1) is 35.9 Å². The number of ether oxygens (including phenoxy) is 4. The van der Waals surface area contributed by atoms with Crippen LogP contribution >= 0.6 is 35.9 Å². The molecule has 0 amide bonds. The van der Waals surface area contributed by atoms with Gasteiger partial charge in [-0.1, -0.05) is 12.5 Å². The van der Waals surface area contributed by atoms with Gasteiger partial charge in [0.05, 0.1) is 32.5 Å². The van der Waals surface area contributed by atoms with E-state index in [9.17, 15) is 0 Å². The lowest BCUT2D eigenvalue weighted by Gasteiger charge is -2.45. The second-order valence-electron chi connectivity index (χ2n) is 9.95. The fourth-order valence-electron chi connectivity index (χ4n) is 5.54. The Balaban J connectivity index is 0.00000380. The maximum absolute atomic E-state index is 5.60. The minimum Gasteiger partial charge on any atom is -0.497 e. The second-order valence-corrected chi connectivity index (χ2v) is 13.0. The van der Waals surface area contributed by atoms with Gasteiger partial charge in [0.1, 0.15) is 11.5 Å². The van der Waals surface area contributed by atoms with E-state index >= 15 is 0 Å². The van der Waals surface area contributed by atoms with E-state index in [4.69, 9.17) is 18.9 Å². The minimum atomic E-state index is 0. The van der Waals surface area contributed by atoms with E-state index in [-0.39, 0.29) is 21.9 Å². The van der Waals surface area contributed by atoms with Gasteiger partial charge < -0.3 is 23.8 Å². The van der Waals surface area contributed by atoms with Crippen molar-refractivity contribution in [1.82, 2.24) is 4.90 Å². The largest absolute Gasteiger partial charge is 0.497 e. The molecule has 0 N–H and O–H groups in total. The molecular formula is C29H42ClNO4S2. The van der Waals surface area contributed by atoms with Crippen LogP contribution in [-0.4, -0.2) is 65.0 Å². The molecule has 0 spiro atoms. The molecule has 206 valence electrons. The van der Waals surface area contributed by atoms with Crippen molar-refractivity contribution in [3.63, 3.8) is 0 Å². The Bertz CT molecular complexity index is 989. The van der Waals surface area contributed by atoms with Crippen molar-refractivity contribution in [2.75, 3.05) is 60.1 Å². The lowest BCUT2D eigenvalue weighted by molar-refractivity contribution is 0.157. The van der Waals surface area contributed by atoms with Crippen LogP contribution < -0.4 is 18.9 Å². The summed E-state index contributed by atoms with van der Waals surface area (Å²) in [5.41, 5.74) is 2.90. The van der Waals surface area contributed by atoms with Crippen LogP contribution in [0.1, 0.15) is 49.7 Å². The van der Waals surface area contributed by atoms with Crippen molar-refractivity contribution in [1.29, 1.82) is 0 Å². The summed E-state index contributed by atoms with van der Waals surface area (Å²) in [6.07, 6.45) is 7.30. The number of methoxy groups -OCH3 is 4. The first-order chi connectivity index (χ1) is 17.5. The van der Waals surface area contributed by atoms with E-state index < -0.39 is 0 Å². The molecule has 0 radical (unpaired) electrons. The minimum absolute atomic E-state index is 0. The number of hydrogen-bond acceptors (Lipinski definition) is 7. The number of hydrogen-bond donors (Lipinski definition) is 0. The lowest BCUT2D eigenvalue weighted by Crippen LogP contribution is -2.44. The molecule has 1 aliphatic heterocycles. The summed E-state index contributed by atoms with van der Waals surface area (Å²) in [5.74, 6) is 5.76. The van der Waals surface area contributed by atoms with Crippen molar-refractivity contribution in [2.45, 2.75) is 48.0 Å². The van der Waals surface area contributed by atoms with Crippen molar-refractivity contribution in [3.05, 3.63) is 47.5 Å². The number of benzene rings is 2. The molecule has 37 heavy (non-hydrogen) atoms. The summed E-state index contributed by atoms with van der Waals surface area (Å²) < 4.78 is 22.3. The Hall–Kier alpha value is -1.41. The average molecular weight is 568 g/mol. The van der Waals surface area contributed by atoms with Crippen LogP contribution in [0.3, 0.4) is 0 Å². The number of halogens is 1. The molecule has 1 saturated heterocycles. The molecule has 5 nitrogen and oxygen atoms in total. The fraction of sp³-hybridized carbons (Fsp3) is 0.586. The molecule has 1 saturated carbocycles. The predicted octanol–water partition coefficient (Wildman–Crippen LogP) is 7.00. The molecule has 4 rings (SSSR count). The predicted molar refractivity (Wildman–Crippen MR) is 160 cm³/mol. The van der Waals surface area contributed by atoms with Gasteiger partial charge in [-0.3, -0.25) is 0 Å². The van der Waals surface area contributed by atoms with Gasteiger partial charge in [0.15, 0.2) is 11.5 Å². The third kappa shape index (κ3) is 6.78. The Morgan fingerprint density at radius 1 is 0.784 bits per heavy atom. The Morgan fingerprint density at radius 2 is 1.43 bits per heavy atom. The van der Waals surface area contributed by atoms with Crippen LogP contribution in [0.25, 0.3) is 0 Å². The fourth-order valence-corrected chi connectivity index (χ4v) is 8.94. The first-order valence-electron chi connectivity index (χ1n) is 12.9. The molecule has 1 aliphatic carbocycles. The Kier molecular flexibility index (Phi) is 11.1. The first-order valence-corrected chi connectivity index (χ1v) is 14.9. The van der Waals surface area contributed by atoms with Gasteiger partial charge >= 0.3 is 0 Å². The monoisotopic (exact) mass is 567 g/mol. The standard InChI is InChI=1S/C29H41NO4S2.ClH/c1-30(21-28(11-6-12-28)22-9-10-26(33-4)27(19-22)34-5)14-7-13-29(35-15-8-16-36-29)23-17-24(31-2)20-25(18-23)32-3;/h9-10,17-20H,6-8,11-16,21H2,1-5H3;1H. The first kappa shape index (κ1) is 30.1.